The Morgan fingerprint density at radius 1 is 1.28 bits per heavy atom. The van der Waals surface area contributed by atoms with Gasteiger partial charge in [0, 0.05) is 30.6 Å². The van der Waals surface area contributed by atoms with Crippen molar-refractivity contribution in [3.8, 4) is 10.6 Å². The summed E-state index contributed by atoms with van der Waals surface area (Å²) in [6.45, 7) is 2.09. The lowest BCUT2D eigenvalue weighted by Crippen LogP contribution is -2.21. The maximum atomic E-state index is 11.8. The second kappa shape index (κ2) is 5.31. The van der Waals surface area contributed by atoms with E-state index in [9.17, 15) is 4.79 Å². The zero-order valence-electron chi connectivity index (χ0n) is 10.8. The van der Waals surface area contributed by atoms with Gasteiger partial charge in [0.1, 0.15) is 5.01 Å². The smallest absolute Gasteiger partial charge is 0.253 e. The van der Waals surface area contributed by atoms with Gasteiger partial charge in [0.05, 0.1) is 5.69 Å². The number of thiazole rings is 1. The van der Waals surface area contributed by atoms with Crippen molar-refractivity contribution in [3.63, 3.8) is 0 Å². The number of carbonyl (C=O) groups excluding carboxylic acids is 1. The Hall–Kier alpha value is -1.68. The number of hydrogen-bond donors (Lipinski definition) is 0. The van der Waals surface area contributed by atoms with Gasteiger partial charge in [-0.3, -0.25) is 4.79 Å². The van der Waals surface area contributed by atoms with Gasteiger partial charge in [-0.15, -0.1) is 11.3 Å². The Morgan fingerprint density at radius 3 is 2.44 bits per heavy atom. The molecule has 3 nitrogen and oxygen atoms in total. The van der Waals surface area contributed by atoms with E-state index < -0.39 is 0 Å². The molecule has 1 aromatic carbocycles. The third-order valence-corrected chi connectivity index (χ3v) is 3.64. The van der Waals surface area contributed by atoms with Gasteiger partial charge in [-0.1, -0.05) is 19.1 Å². The minimum Gasteiger partial charge on any atom is -0.345 e. The number of aromatic nitrogens is 1. The second-order valence-electron chi connectivity index (χ2n) is 4.27. The molecule has 1 heterocycles. The van der Waals surface area contributed by atoms with Crippen molar-refractivity contribution in [1.29, 1.82) is 0 Å². The Labute approximate surface area is 111 Å². The van der Waals surface area contributed by atoms with Crippen LogP contribution in [0.15, 0.2) is 29.6 Å². The summed E-state index contributed by atoms with van der Waals surface area (Å²) in [4.78, 5) is 17.9. The molecule has 4 heteroatoms. The lowest BCUT2D eigenvalue weighted by molar-refractivity contribution is 0.0827. The molecule has 0 unspecified atom stereocenters. The van der Waals surface area contributed by atoms with E-state index in [1.54, 1.807) is 30.3 Å². The average molecular weight is 260 g/mol. The molecule has 0 atom stereocenters. The molecule has 0 spiro atoms. The van der Waals surface area contributed by atoms with Crippen LogP contribution in [0.3, 0.4) is 0 Å². The molecule has 0 aliphatic rings. The molecule has 0 saturated heterocycles. The van der Waals surface area contributed by atoms with Gasteiger partial charge in [0.25, 0.3) is 5.91 Å². The van der Waals surface area contributed by atoms with Crippen molar-refractivity contribution in [2.24, 2.45) is 0 Å². The number of amides is 1. The number of carbonyl (C=O) groups is 1. The van der Waals surface area contributed by atoms with E-state index in [1.165, 1.54) is 0 Å². The van der Waals surface area contributed by atoms with Gasteiger partial charge < -0.3 is 4.90 Å². The third-order valence-electron chi connectivity index (χ3n) is 2.70. The Morgan fingerprint density at radius 2 is 1.94 bits per heavy atom. The number of rotatable bonds is 3. The maximum Gasteiger partial charge on any atom is 0.253 e. The standard InChI is InChI=1S/C14H16N2OS/c1-4-12-9-18-13(15-12)10-5-7-11(8-6-10)14(17)16(2)3/h5-9H,4H2,1-3H3. The third kappa shape index (κ3) is 2.59. The number of benzene rings is 1. The first-order chi connectivity index (χ1) is 8.61. The highest BCUT2D eigenvalue weighted by atomic mass is 32.1. The molecule has 18 heavy (non-hydrogen) atoms. The highest BCUT2D eigenvalue weighted by Gasteiger charge is 2.09. The maximum absolute atomic E-state index is 11.8. The van der Waals surface area contributed by atoms with E-state index in [1.807, 2.05) is 24.3 Å². The van der Waals surface area contributed by atoms with Crippen molar-refractivity contribution < 1.29 is 4.79 Å². The van der Waals surface area contributed by atoms with Crippen LogP contribution < -0.4 is 0 Å². The molecular weight excluding hydrogens is 244 g/mol. The molecule has 0 aliphatic carbocycles. The molecule has 0 saturated carbocycles. The topological polar surface area (TPSA) is 33.2 Å². The van der Waals surface area contributed by atoms with Gasteiger partial charge in [-0.05, 0) is 18.6 Å². The van der Waals surface area contributed by atoms with Crippen molar-refractivity contribution >= 4 is 17.2 Å². The predicted octanol–water partition coefficient (Wildman–Crippen LogP) is 3.07. The monoisotopic (exact) mass is 260 g/mol. The molecule has 1 aromatic heterocycles. The van der Waals surface area contributed by atoms with Gasteiger partial charge in [-0.25, -0.2) is 4.98 Å². The summed E-state index contributed by atoms with van der Waals surface area (Å²) in [5.74, 6) is 0.0231. The number of nitrogens with zero attached hydrogens (tertiary/aromatic N) is 2. The summed E-state index contributed by atoms with van der Waals surface area (Å²) in [6.07, 6.45) is 0.952. The van der Waals surface area contributed by atoms with Gasteiger partial charge >= 0.3 is 0 Å². The summed E-state index contributed by atoms with van der Waals surface area (Å²) in [6, 6.07) is 7.61. The van der Waals surface area contributed by atoms with Crippen molar-refractivity contribution in [3.05, 3.63) is 40.9 Å². The first-order valence-electron chi connectivity index (χ1n) is 5.88. The van der Waals surface area contributed by atoms with Crippen LogP contribution in [0.5, 0.6) is 0 Å². The molecule has 0 radical (unpaired) electrons. The second-order valence-corrected chi connectivity index (χ2v) is 5.13. The van der Waals surface area contributed by atoms with Crippen LogP contribution in [0.2, 0.25) is 0 Å². The van der Waals surface area contributed by atoms with Gasteiger partial charge in [0.15, 0.2) is 0 Å². The summed E-state index contributed by atoms with van der Waals surface area (Å²) < 4.78 is 0. The molecule has 0 N–H and O–H groups in total. The first-order valence-corrected chi connectivity index (χ1v) is 6.76. The van der Waals surface area contributed by atoms with Crippen LogP contribution in [-0.4, -0.2) is 29.9 Å². The predicted molar refractivity (Wildman–Crippen MR) is 74.9 cm³/mol. The lowest BCUT2D eigenvalue weighted by Gasteiger charge is -2.10. The molecule has 1 amide bonds. The quantitative estimate of drug-likeness (QED) is 0.849. The van der Waals surface area contributed by atoms with Crippen LogP contribution in [0.4, 0.5) is 0 Å². The van der Waals surface area contributed by atoms with E-state index in [4.69, 9.17) is 0 Å². The van der Waals surface area contributed by atoms with Gasteiger partial charge in [-0.2, -0.15) is 0 Å². The molecule has 0 fully saturated rings. The minimum absolute atomic E-state index is 0.0231. The van der Waals surface area contributed by atoms with E-state index in [0.717, 1.165) is 22.7 Å². The van der Waals surface area contributed by atoms with Crippen molar-refractivity contribution in [2.75, 3.05) is 14.1 Å². The van der Waals surface area contributed by atoms with Crippen LogP contribution >= 0.6 is 11.3 Å². The van der Waals surface area contributed by atoms with Crippen molar-refractivity contribution in [2.45, 2.75) is 13.3 Å². The summed E-state index contributed by atoms with van der Waals surface area (Å²) in [5, 5.41) is 3.09. The minimum atomic E-state index is 0.0231. The largest absolute Gasteiger partial charge is 0.345 e. The molecule has 2 rings (SSSR count). The molecule has 94 valence electrons. The molecule has 0 aliphatic heterocycles. The highest BCUT2D eigenvalue weighted by Crippen LogP contribution is 2.24. The SMILES string of the molecule is CCc1csc(-c2ccc(C(=O)N(C)C)cc2)n1. The van der Waals surface area contributed by atoms with E-state index >= 15 is 0 Å². The number of aryl methyl sites for hydroxylation is 1. The van der Waals surface area contributed by atoms with Crippen LogP contribution in [0, 0.1) is 0 Å². The van der Waals surface area contributed by atoms with Gasteiger partial charge in [0.2, 0.25) is 0 Å². The molecular formula is C14H16N2OS. The Kier molecular flexibility index (Phi) is 3.77. The molecule has 0 bridgehead atoms. The normalized spacial score (nSPS) is 10.4. The Balaban J connectivity index is 2.24. The summed E-state index contributed by atoms with van der Waals surface area (Å²) in [5.41, 5.74) is 2.88. The summed E-state index contributed by atoms with van der Waals surface area (Å²) in [7, 11) is 3.51. The fourth-order valence-corrected chi connectivity index (χ4v) is 2.52. The Bertz CT molecular complexity index is 543. The van der Waals surface area contributed by atoms with Crippen LogP contribution in [0.25, 0.3) is 10.6 Å². The molecule has 2 aromatic rings. The van der Waals surface area contributed by atoms with Crippen LogP contribution in [0.1, 0.15) is 23.0 Å². The van der Waals surface area contributed by atoms with E-state index in [-0.39, 0.29) is 5.91 Å². The van der Waals surface area contributed by atoms with Crippen molar-refractivity contribution in [1.82, 2.24) is 9.88 Å². The first kappa shape index (κ1) is 12.8. The fraction of sp³-hybridized carbons (Fsp3) is 0.286. The zero-order valence-corrected chi connectivity index (χ0v) is 11.6. The summed E-state index contributed by atoms with van der Waals surface area (Å²) >= 11 is 1.64. The fourth-order valence-electron chi connectivity index (χ4n) is 1.62. The lowest BCUT2D eigenvalue weighted by atomic mass is 10.1. The van der Waals surface area contributed by atoms with E-state index in [0.29, 0.717) is 5.56 Å². The zero-order chi connectivity index (χ0) is 13.1. The highest BCUT2D eigenvalue weighted by molar-refractivity contribution is 7.13. The van der Waals surface area contributed by atoms with E-state index in [2.05, 4.69) is 17.3 Å². The number of hydrogen-bond acceptors (Lipinski definition) is 3. The average Bonchev–Trinajstić information content (AvgIpc) is 2.86. The van der Waals surface area contributed by atoms with Crippen LogP contribution in [-0.2, 0) is 6.42 Å².